The quantitative estimate of drug-likeness (QED) is 0.799. The van der Waals surface area contributed by atoms with Gasteiger partial charge in [0.25, 0.3) is 0 Å². The Bertz CT molecular complexity index is 474. The highest BCUT2D eigenvalue weighted by atomic mass is 16.2. The van der Waals surface area contributed by atoms with Crippen LogP contribution in [0.5, 0.6) is 0 Å². The van der Waals surface area contributed by atoms with Crippen LogP contribution in [0.4, 0.5) is 10.5 Å². The molecule has 2 amide bonds. The summed E-state index contributed by atoms with van der Waals surface area (Å²) in [5, 5.41) is 2.95. The molecule has 1 aromatic rings. The first-order valence-electron chi connectivity index (χ1n) is 6.88. The summed E-state index contributed by atoms with van der Waals surface area (Å²) in [4.78, 5) is 13.9. The molecule has 0 aromatic heterocycles. The molecule has 3 nitrogen and oxygen atoms in total. The van der Waals surface area contributed by atoms with Crippen LogP contribution in [-0.4, -0.2) is 24.0 Å². The molecule has 0 unspecified atom stereocenters. The summed E-state index contributed by atoms with van der Waals surface area (Å²) >= 11 is 0. The van der Waals surface area contributed by atoms with Crippen LogP contribution in [0.25, 0.3) is 0 Å². The van der Waals surface area contributed by atoms with Crippen molar-refractivity contribution in [2.45, 2.75) is 33.1 Å². The highest BCUT2D eigenvalue weighted by molar-refractivity contribution is 5.89. The van der Waals surface area contributed by atoms with E-state index < -0.39 is 0 Å². The summed E-state index contributed by atoms with van der Waals surface area (Å²) < 4.78 is 0. The van der Waals surface area contributed by atoms with Gasteiger partial charge in [-0.15, -0.1) is 0 Å². The summed E-state index contributed by atoms with van der Waals surface area (Å²) in [5.41, 5.74) is 3.51. The molecule has 0 aliphatic carbocycles. The van der Waals surface area contributed by atoms with Crippen LogP contribution in [0.3, 0.4) is 0 Å². The van der Waals surface area contributed by atoms with Gasteiger partial charge >= 0.3 is 6.03 Å². The Morgan fingerprint density at radius 2 is 1.95 bits per heavy atom. The minimum atomic E-state index is -0.0129. The Morgan fingerprint density at radius 3 is 2.47 bits per heavy atom. The standard InChI is InChI=1S/C16H22N2O/c1-12(2)14-4-6-15(7-5-14)17-16(19)18-10-8-13(3)9-11-18/h4-8,12H,9-11H2,1-3H3,(H,17,19). The van der Waals surface area contributed by atoms with E-state index in [1.54, 1.807) is 0 Å². The van der Waals surface area contributed by atoms with E-state index in [0.29, 0.717) is 12.5 Å². The first-order valence-corrected chi connectivity index (χ1v) is 6.88. The van der Waals surface area contributed by atoms with Crippen molar-refractivity contribution in [1.82, 2.24) is 4.90 Å². The second kappa shape index (κ2) is 5.91. The van der Waals surface area contributed by atoms with Crippen LogP contribution in [0.15, 0.2) is 35.9 Å². The zero-order valence-corrected chi connectivity index (χ0v) is 11.9. The molecule has 0 fully saturated rings. The second-order valence-corrected chi connectivity index (χ2v) is 5.45. The second-order valence-electron chi connectivity index (χ2n) is 5.45. The van der Waals surface area contributed by atoms with Crippen LogP contribution in [-0.2, 0) is 0 Å². The molecule has 1 aromatic carbocycles. The number of rotatable bonds is 2. The smallest absolute Gasteiger partial charge is 0.320 e. The minimum absolute atomic E-state index is 0.0129. The lowest BCUT2D eigenvalue weighted by atomic mass is 10.0. The monoisotopic (exact) mass is 258 g/mol. The molecule has 3 heteroatoms. The van der Waals surface area contributed by atoms with Gasteiger partial charge in [0, 0.05) is 18.8 Å². The van der Waals surface area contributed by atoms with Crippen LogP contribution >= 0.6 is 0 Å². The topological polar surface area (TPSA) is 32.3 Å². The molecule has 0 saturated heterocycles. The third kappa shape index (κ3) is 3.60. The van der Waals surface area contributed by atoms with Gasteiger partial charge in [-0.05, 0) is 37.0 Å². The molecule has 2 rings (SSSR count). The molecule has 0 atom stereocenters. The number of urea groups is 1. The maximum Gasteiger partial charge on any atom is 0.322 e. The normalized spacial score (nSPS) is 15.4. The van der Waals surface area contributed by atoms with E-state index in [0.717, 1.165) is 18.7 Å². The van der Waals surface area contributed by atoms with E-state index in [4.69, 9.17) is 0 Å². The Hall–Kier alpha value is -1.77. The number of nitrogens with zero attached hydrogens (tertiary/aromatic N) is 1. The predicted molar refractivity (Wildman–Crippen MR) is 79.5 cm³/mol. The molecule has 0 spiro atoms. The number of hydrogen-bond acceptors (Lipinski definition) is 1. The van der Waals surface area contributed by atoms with Crippen molar-refractivity contribution < 1.29 is 4.79 Å². The summed E-state index contributed by atoms with van der Waals surface area (Å²) in [5.74, 6) is 0.514. The molecule has 1 aliphatic rings. The lowest BCUT2D eigenvalue weighted by Gasteiger charge is -2.25. The Kier molecular flexibility index (Phi) is 4.25. The SMILES string of the molecule is CC1=CCN(C(=O)Nc2ccc(C(C)C)cc2)CC1. The highest BCUT2D eigenvalue weighted by Crippen LogP contribution is 2.18. The number of anilines is 1. The first-order chi connectivity index (χ1) is 9.06. The third-order valence-electron chi connectivity index (χ3n) is 3.55. The van der Waals surface area contributed by atoms with Gasteiger partial charge in [0.1, 0.15) is 0 Å². The summed E-state index contributed by atoms with van der Waals surface area (Å²) in [6, 6.07) is 8.07. The van der Waals surface area contributed by atoms with Crippen molar-refractivity contribution in [3.05, 3.63) is 41.5 Å². The fourth-order valence-electron chi connectivity index (χ4n) is 2.11. The van der Waals surface area contributed by atoms with Gasteiger partial charge in [0.05, 0.1) is 0 Å². The lowest BCUT2D eigenvalue weighted by molar-refractivity contribution is 0.215. The fraction of sp³-hybridized carbons (Fsp3) is 0.438. The van der Waals surface area contributed by atoms with E-state index in [2.05, 4.69) is 44.3 Å². The van der Waals surface area contributed by atoms with Crippen molar-refractivity contribution in [3.8, 4) is 0 Å². The van der Waals surface area contributed by atoms with Crippen molar-refractivity contribution in [1.29, 1.82) is 0 Å². The molecule has 0 saturated carbocycles. The molecular formula is C16H22N2O. The van der Waals surface area contributed by atoms with E-state index >= 15 is 0 Å². The van der Waals surface area contributed by atoms with Gasteiger partial charge in [-0.25, -0.2) is 4.79 Å². The zero-order valence-electron chi connectivity index (χ0n) is 11.9. The summed E-state index contributed by atoms with van der Waals surface area (Å²) in [7, 11) is 0. The van der Waals surface area contributed by atoms with Gasteiger partial charge in [-0.3, -0.25) is 0 Å². The molecule has 0 radical (unpaired) electrons. The molecular weight excluding hydrogens is 236 g/mol. The van der Waals surface area contributed by atoms with Crippen LogP contribution in [0.1, 0.15) is 38.7 Å². The van der Waals surface area contributed by atoms with Gasteiger partial charge in [0.2, 0.25) is 0 Å². The molecule has 1 aliphatic heterocycles. The summed E-state index contributed by atoms with van der Waals surface area (Å²) in [6.07, 6.45) is 3.09. The number of benzene rings is 1. The predicted octanol–water partition coefficient (Wildman–Crippen LogP) is 3.99. The largest absolute Gasteiger partial charge is 0.322 e. The maximum atomic E-state index is 12.1. The van der Waals surface area contributed by atoms with Crippen molar-refractivity contribution >= 4 is 11.7 Å². The maximum absolute atomic E-state index is 12.1. The van der Waals surface area contributed by atoms with E-state index in [1.165, 1.54) is 11.1 Å². The average molecular weight is 258 g/mol. The summed E-state index contributed by atoms with van der Waals surface area (Å²) in [6.45, 7) is 7.95. The number of hydrogen-bond donors (Lipinski definition) is 1. The first kappa shape index (κ1) is 13.7. The van der Waals surface area contributed by atoms with Crippen molar-refractivity contribution in [3.63, 3.8) is 0 Å². The van der Waals surface area contributed by atoms with E-state index in [-0.39, 0.29) is 6.03 Å². The van der Waals surface area contributed by atoms with E-state index in [9.17, 15) is 4.79 Å². The number of carbonyl (C=O) groups excluding carboxylic acids is 1. The Labute approximate surface area is 115 Å². The number of amides is 2. The number of carbonyl (C=O) groups is 1. The molecule has 1 heterocycles. The highest BCUT2D eigenvalue weighted by Gasteiger charge is 2.15. The van der Waals surface area contributed by atoms with E-state index in [1.807, 2.05) is 17.0 Å². The Balaban J connectivity index is 1.95. The molecule has 19 heavy (non-hydrogen) atoms. The van der Waals surface area contributed by atoms with Gasteiger partial charge in [-0.2, -0.15) is 0 Å². The lowest BCUT2D eigenvalue weighted by Crippen LogP contribution is -2.37. The third-order valence-corrected chi connectivity index (χ3v) is 3.55. The molecule has 102 valence electrons. The van der Waals surface area contributed by atoms with Crippen LogP contribution < -0.4 is 5.32 Å². The van der Waals surface area contributed by atoms with Gasteiger partial charge < -0.3 is 10.2 Å². The molecule has 1 N–H and O–H groups in total. The van der Waals surface area contributed by atoms with Crippen molar-refractivity contribution in [2.75, 3.05) is 18.4 Å². The Morgan fingerprint density at radius 1 is 1.26 bits per heavy atom. The van der Waals surface area contributed by atoms with Crippen molar-refractivity contribution in [2.24, 2.45) is 0 Å². The minimum Gasteiger partial charge on any atom is -0.320 e. The van der Waals surface area contributed by atoms with Crippen LogP contribution in [0.2, 0.25) is 0 Å². The van der Waals surface area contributed by atoms with Crippen LogP contribution in [0, 0.1) is 0 Å². The molecule has 0 bridgehead atoms. The average Bonchev–Trinajstić information content (AvgIpc) is 2.40. The zero-order chi connectivity index (χ0) is 13.8. The number of nitrogens with one attached hydrogen (secondary N) is 1. The van der Waals surface area contributed by atoms with Gasteiger partial charge in [-0.1, -0.05) is 37.6 Å². The van der Waals surface area contributed by atoms with Gasteiger partial charge in [0.15, 0.2) is 0 Å². The fourth-order valence-corrected chi connectivity index (χ4v) is 2.11.